The number of ether oxygens (including phenoxy) is 1. The smallest absolute Gasteiger partial charge is 0.119 e. The van der Waals surface area contributed by atoms with Crippen LogP contribution in [-0.2, 0) is 6.54 Å². The van der Waals surface area contributed by atoms with Crippen molar-refractivity contribution in [1.82, 2.24) is 0 Å². The Morgan fingerprint density at radius 2 is 2.00 bits per heavy atom. The molecule has 0 spiro atoms. The molecule has 0 radical (unpaired) electrons. The van der Waals surface area contributed by atoms with Gasteiger partial charge in [0.15, 0.2) is 0 Å². The van der Waals surface area contributed by atoms with Crippen molar-refractivity contribution in [3.8, 4) is 5.75 Å². The summed E-state index contributed by atoms with van der Waals surface area (Å²) >= 11 is 0. The van der Waals surface area contributed by atoms with Crippen LogP contribution in [0.25, 0.3) is 0 Å². The van der Waals surface area contributed by atoms with Crippen LogP contribution in [0.3, 0.4) is 0 Å². The number of benzene rings is 2. The third kappa shape index (κ3) is 2.30. The molecule has 1 aliphatic rings. The van der Waals surface area contributed by atoms with Crippen LogP contribution in [0.15, 0.2) is 48.5 Å². The monoisotopic (exact) mass is 253 g/mol. The lowest BCUT2D eigenvalue weighted by Gasteiger charge is -2.20. The fraction of sp³-hybridized carbons (Fsp3) is 0.294. The van der Waals surface area contributed by atoms with Gasteiger partial charge in [0.2, 0.25) is 0 Å². The van der Waals surface area contributed by atoms with Crippen molar-refractivity contribution in [2.24, 2.45) is 0 Å². The molecule has 2 heteroatoms. The van der Waals surface area contributed by atoms with Crippen LogP contribution >= 0.6 is 0 Å². The normalized spacial score (nSPS) is 17.4. The molecule has 1 unspecified atom stereocenters. The van der Waals surface area contributed by atoms with E-state index < -0.39 is 0 Å². The van der Waals surface area contributed by atoms with E-state index in [1.165, 1.54) is 16.8 Å². The van der Waals surface area contributed by atoms with E-state index in [4.69, 9.17) is 4.74 Å². The molecule has 1 atom stereocenters. The number of methoxy groups -OCH3 is 1. The average Bonchev–Trinajstić information content (AvgIpc) is 2.76. The Balaban J connectivity index is 1.85. The van der Waals surface area contributed by atoms with Crippen LogP contribution in [0, 0.1) is 0 Å². The standard InChI is InChI=1S/C17H19NO/c1-13-11-18(17-9-4-3-8-16(13)17)12-14-6-5-7-15(10-14)19-2/h3-10,13H,11-12H2,1-2H3. The molecule has 98 valence electrons. The van der Waals surface area contributed by atoms with Crippen LogP contribution in [0.4, 0.5) is 5.69 Å². The lowest BCUT2D eigenvalue weighted by Crippen LogP contribution is -2.20. The Morgan fingerprint density at radius 3 is 2.84 bits per heavy atom. The van der Waals surface area contributed by atoms with Crippen molar-refractivity contribution in [3.05, 3.63) is 59.7 Å². The first-order valence-corrected chi connectivity index (χ1v) is 6.74. The summed E-state index contributed by atoms with van der Waals surface area (Å²) < 4.78 is 5.29. The van der Waals surface area contributed by atoms with Crippen molar-refractivity contribution >= 4 is 5.69 Å². The molecule has 2 aromatic carbocycles. The van der Waals surface area contributed by atoms with Gasteiger partial charge in [-0.15, -0.1) is 0 Å². The number of para-hydroxylation sites is 1. The maximum Gasteiger partial charge on any atom is 0.119 e. The largest absolute Gasteiger partial charge is 0.497 e. The molecule has 0 aromatic heterocycles. The van der Waals surface area contributed by atoms with E-state index >= 15 is 0 Å². The lowest BCUT2D eigenvalue weighted by molar-refractivity contribution is 0.414. The topological polar surface area (TPSA) is 12.5 Å². The van der Waals surface area contributed by atoms with E-state index in [-0.39, 0.29) is 0 Å². The maximum absolute atomic E-state index is 5.29. The number of nitrogens with zero attached hydrogens (tertiary/aromatic N) is 1. The molecule has 0 fully saturated rings. The number of fused-ring (bicyclic) bond motifs is 1. The van der Waals surface area contributed by atoms with E-state index in [2.05, 4.69) is 54.3 Å². The average molecular weight is 253 g/mol. The van der Waals surface area contributed by atoms with Crippen LogP contribution < -0.4 is 9.64 Å². The van der Waals surface area contributed by atoms with Crippen molar-refractivity contribution in [3.63, 3.8) is 0 Å². The van der Waals surface area contributed by atoms with E-state index in [0.717, 1.165) is 18.8 Å². The van der Waals surface area contributed by atoms with Gasteiger partial charge in [-0.2, -0.15) is 0 Å². The quantitative estimate of drug-likeness (QED) is 0.824. The molecular weight excluding hydrogens is 234 g/mol. The highest BCUT2D eigenvalue weighted by Gasteiger charge is 2.24. The predicted molar refractivity (Wildman–Crippen MR) is 78.9 cm³/mol. The van der Waals surface area contributed by atoms with Crippen molar-refractivity contribution < 1.29 is 4.74 Å². The minimum atomic E-state index is 0.613. The molecule has 1 heterocycles. The summed E-state index contributed by atoms with van der Waals surface area (Å²) in [6, 6.07) is 17.0. The summed E-state index contributed by atoms with van der Waals surface area (Å²) in [5, 5.41) is 0. The molecule has 2 nitrogen and oxygen atoms in total. The fourth-order valence-corrected chi connectivity index (χ4v) is 2.86. The van der Waals surface area contributed by atoms with Crippen molar-refractivity contribution in [2.75, 3.05) is 18.6 Å². The summed E-state index contributed by atoms with van der Waals surface area (Å²) in [6.07, 6.45) is 0. The van der Waals surface area contributed by atoms with Gasteiger partial charge in [0.05, 0.1) is 7.11 Å². The minimum Gasteiger partial charge on any atom is -0.497 e. The van der Waals surface area contributed by atoms with Gasteiger partial charge in [-0.1, -0.05) is 37.3 Å². The molecule has 0 amide bonds. The zero-order valence-electron chi connectivity index (χ0n) is 11.5. The third-order valence-electron chi connectivity index (χ3n) is 3.81. The molecule has 19 heavy (non-hydrogen) atoms. The van der Waals surface area contributed by atoms with E-state index in [1.54, 1.807) is 7.11 Å². The van der Waals surface area contributed by atoms with Gasteiger partial charge in [-0.3, -0.25) is 0 Å². The van der Waals surface area contributed by atoms with Gasteiger partial charge in [0.1, 0.15) is 5.75 Å². The Kier molecular flexibility index (Phi) is 3.16. The summed E-state index contributed by atoms with van der Waals surface area (Å²) in [6.45, 7) is 4.33. The van der Waals surface area contributed by atoms with Crippen molar-refractivity contribution in [1.29, 1.82) is 0 Å². The SMILES string of the molecule is COc1cccc(CN2CC(C)c3ccccc32)c1. The molecular formula is C17H19NO. The van der Waals surface area contributed by atoms with Gasteiger partial charge in [0, 0.05) is 24.7 Å². The minimum absolute atomic E-state index is 0.613. The molecule has 2 aromatic rings. The molecule has 0 bridgehead atoms. The second-order valence-corrected chi connectivity index (χ2v) is 5.19. The summed E-state index contributed by atoms with van der Waals surface area (Å²) in [5.41, 5.74) is 4.13. The number of rotatable bonds is 3. The Bertz CT molecular complexity index is 579. The van der Waals surface area contributed by atoms with E-state index in [9.17, 15) is 0 Å². The van der Waals surface area contributed by atoms with E-state index in [1.807, 2.05) is 6.07 Å². The van der Waals surface area contributed by atoms with Crippen LogP contribution in [0.2, 0.25) is 0 Å². The predicted octanol–water partition coefficient (Wildman–Crippen LogP) is 3.82. The number of hydrogen-bond acceptors (Lipinski definition) is 2. The molecule has 0 N–H and O–H groups in total. The number of hydrogen-bond donors (Lipinski definition) is 0. The summed E-state index contributed by atoms with van der Waals surface area (Å²) in [5.74, 6) is 1.54. The van der Waals surface area contributed by atoms with E-state index in [0.29, 0.717) is 5.92 Å². The molecule has 0 aliphatic carbocycles. The van der Waals surface area contributed by atoms with Crippen molar-refractivity contribution in [2.45, 2.75) is 19.4 Å². The van der Waals surface area contributed by atoms with Crippen LogP contribution in [-0.4, -0.2) is 13.7 Å². The first kappa shape index (κ1) is 12.1. The molecule has 0 saturated heterocycles. The second-order valence-electron chi connectivity index (χ2n) is 5.19. The highest BCUT2D eigenvalue weighted by molar-refractivity contribution is 5.60. The van der Waals surface area contributed by atoms with Gasteiger partial charge in [0.25, 0.3) is 0 Å². The Morgan fingerprint density at radius 1 is 1.16 bits per heavy atom. The Hall–Kier alpha value is -1.96. The molecule has 1 aliphatic heterocycles. The van der Waals surface area contributed by atoms with Gasteiger partial charge in [-0.25, -0.2) is 0 Å². The molecule has 0 saturated carbocycles. The highest BCUT2D eigenvalue weighted by atomic mass is 16.5. The maximum atomic E-state index is 5.29. The fourth-order valence-electron chi connectivity index (χ4n) is 2.86. The Labute approximate surface area is 114 Å². The molecule has 3 rings (SSSR count). The number of anilines is 1. The van der Waals surface area contributed by atoms with Crippen LogP contribution in [0.5, 0.6) is 5.75 Å². The van der Waals surface area contributed by atoms with Crippen LogP contribution in [0.1, 0.15) is 24.0 Å². The zero-order chi connectivity index (χ0) is 13.2. The van der Waals surface area contributed by atoms with Gasteiger partial charge < -0.3 is 9.64 Å². The highest BCUT2D eigenvalue weighted by Crippen LogP contribution is 2.36. The third-order valence-corrected chi connectivity index (χ3v) is 3.81. The first-order valence-electron chi connectivity index (χ1n) is 6.74. The second kappa shape index (κ2) is 4.96. The summed E-state index contributed by atoms with van der Waals surface area (Å²) in [4.78, 5) is 2.45. The van der Waals surface area contributed by atoms with Gasteiger partial charge >= 0.3 is 0 Å². The first-order chi connectivity index (χ1) is 9.28. The lowest BCUT2D eigenvalue weighted by atomic mass is 10.0. The van der Waals surface area contributed by atoms with Gasteiger partial charge in [-0.05, 0) is 29.3 Å². The zero-order valence-corrected chi connectivity index (χ0v) is 11.5. The summed E-state index contributed by atoms with van der Waals surface area (Å²) in [7, 11) is 1.71.